The molecule has 0 bridgehead atoms. The summed E-state index contributed by atoms with van der Waals surface area (Å²) in [7, 11) is 0. The van der Waals surface area contributed by atoms with Crippen molar-refractivity contribution in [2.24, 2.45) is 0 Å². The van der Waals surface area contributed by atoms with Crippen molar-refractivity contribution in [3.63, 3.8) is 0 Å². The quantitative estimate of drug-likeness (QED) is 0.737. The van der Waals surface area contributed by atoms with Crippen molar-refractivity contribution >= 4 is 11.0 Å². The average Bonchev–Trinajstić information content (AvgIpc) is 2.55. The van der Waals surface area contributed by atoms with Gasteiger partial charge in [0.05, 0.1) is 6.20 Å². The lowest BCUT2D eigenvalue weighted by Gasteiger charge is -2.07. The Morgan fingerprint density at radius 2 is 2.20 bits per heavy atom. The molecular formula is C12H15FN2. The van der Waals surface area contributed by atoms with Crippen LogP contribution in [-0.4, -0.2) is 9.55 Å². The Hall–Kier alpha value is -1.38. The van der Waals surface area contributed by atoms with Crippen LogP contribution in [0.4, 0.5) is 4.39 Å². The minimum absolute atomic E-state index is 0.265. The number of nitrogens with zero attached hydrogens (tertiary/aromatic N) is 2. The second-order valence-corrected chi connectivity index (χ2v) is 4.03. The second-order valence-electron chi connectivity index (χ2n) is 4.03. The minimum atomic E-state index is -0.265. The van der Waals surface area contributed by atoms with Gasteiger partial charge in [-0.3, -0.25) is 0 Å². The lowest BCUT2D eigenvalue weighted by molar-refractivity contribution is 0.608. The number of hydrogen-bond acceptors (Lipinski definition) is 1. The predicted octanol–water partition coefficient (Wildman–Crippen LogP) is 3.32. The third-order valence-electron chi connectivity index (χ3n) is 2.66. The first-order valence-corrected chi connectivity index (χ1v) is 5.28. The van der Waals surface area contributed by atoms with Crippen molar-refractivity contribution in [2.75, 3.05) is 0 Å². The molecule has 80 valence electrons. The van der Waals surface area contributed by atoms with Crippen LogP contribution in [-0.2, 0) is 6.42 Å². The molecule has 0 N–H and O–H groups in total. The Kier molecular flexibility index (Phi) is 2.47. The van der Waals surface area contributed by atoms with Crippen LogP contribution >= 0.6 is 0 Å². The normalized spacial score (nSPS) is 11.5. The number of hydrogen-bond donors (Lipinski definition) is 0. The summed E-state index contributed by atoms with van der Waals surface area (Å²) in [4.78, 5) is 4.16. The van der Waals surface area contributed by atoms with E-state index in [-0.39, 0.29) is 5.82 Å². The number of rotatable bonds is 2. The van der Waals surface area contributed by atoms with E-state index in [1.54, 1.807) is 6.07 Å². The monoisotopic (exact) mass is 206 g/mol. The fourth-order valence-electron chi connectivity index (χ4n) is 1.85. The highest BCUT2D eigenvalue weighted by Crippen LogP contribution is 2.23. The van der Waals surface area contributed by atoms with Crippen LogP contribution in [0.3, 0.4) is 0 Å². The smallest absolute Gasteiger partial charge is 0.142 e. The molecular weight excluding hydrogens is 191 g/mol. The minimum Gasteiger partial charge on any atom is -0.330 e. The van der Waals surface area contributed by atoms with Gasteiger partial charge in [-0.2, -0.15) is 0 Å². The van der Waals surface area contributed by atoms with Gasteiger partial charge in [-0.25, -0.2) is 9.37 Å². The summed E-state index contributed by atoms with van der Waals surface area (Å²) in [6.07, 6.45) is 4.25. The molecule has 2 heterocycles. The van der Waals surface area contributed by atoms with Gasteiger partial charge in [0.2, 0.25) is 0 Å². The van der Waals surface area contributed by atoms with Crippen LogP contribution in [0.1, 0.15) is 32.4 Å². The molecule has 2 aromatic heterocycles. The molecule has 0 saturated heterocycles. The molecule has 0 spiro atoms. The van der Waals surface area contributed by atoms with E-state index in [0.717, 1.165) is 23.0 Å². The van der Waals surface area contributed by atoms with Gasteiger partial charge in [0.1, 0.15) is 11.5 Å². The maximum absolute atomic E-state index is 13.1. The molecule has 2 rings (SSSR count). The van der Waals surface area contributed by atoms with Crippen molar-refractivity contribution in [1.82, 2.24) is 9.55 Å². The number of pyridine rings is 1. The van der Waals surface area contributed by atoms with Crippen LogP contribution in [0, 0.1) is 5.82 Å². The summed E-state index contributed by atoms with van der Waals surface area (Å²) >= 11 is 0. The van der Waals surface area contributed by atoms with Gasteiger partial charge >= 0.3 is 0 Å². The lowest BCUT2D eigenvalue weighted by atomic mass is 10.2. The van der Waals surface area contributed by atoms with E-state index in [1.165, 1.54) is 6.20 Å². The molecule has 0 aliphatic rings. The van der Waals surface area contributed by atoms with Gasteiger partial charge in [-0.1, -0.05) is 6.92 Å². The zero-order valence-corrected chi connectivity index (χ0v) is 9.29. The average molecular weight is 206 g/mol. The van der Waals surface area contributed by atoms with E-state index in [9.17, 15) is 4.39 Å². The van der Waals surface area contributed by atoms with Crippen LogP contribution in [0.25, 0.3) is 11.0 Å². The Morgan fingerprint density at radius 1 is 1.47 bits per heavy atom. The number of aryl methyl sites for hydroxylation is 1. The molecule has 2 nitrogen and oxygen atoms in total. The summed E-state index contributed by atoms with van der Waals surface area (Å²) in [6, 6.07) is 1.92. The Bertz CT molecular complexity index is 486. The fourth-order valence-corrected chi connectivity index (χ4v) is 1.85. The molecule has 0 aliphatic carbocycles. The zero-order chi connectivity index (χ0) is 11.0. The molecule has 0 saturated carbocycles. The molecule has 0 aliphatic heterocycles. The number of aromatic nitrogens is 2. The van der Waals surface area contributed by atoms with Gasteiger partial charge in [0, 0.05) is 17.6 Å². The number of fused-ring (bicyclic) bond motifs is 1. The molecule has 0 aromatic carbocycles. The van der Waals surface area contributed by atoms with Crippen LogP contribution < -0.4 is 0 Å². The third kappa shape index (κ3) is 1.62. The molecule has 2 aromatic rings. The van der Waals surface area contributed by atoms with Crippen LogP contribution in [0.2, 0.25) is 0 Å². The topological polar surface area (TPSA) is 17.8 Å². The maximum atomic E-state index is 13.1. The van der Waals surface area contributed by atoms with Crippen molar-refractivity contribution in [1.29, 1.82) is 0 Å². The third-order valence-corrected chi connectivity index (χ3v) is 2.66. The molecule has 0 unspecified atom stereocenters. The summed E-state index contributed by atoms with van der Waals surface area (Å²) in [5, 5.41) is 0.936. The first-order valence-electron chi connectivity index (χ1n) is 5.28. The van der Waals surface area contributed by atoms with Gasteiger partial charge in [-0.05, 0) is 31.9 Å². The van der Waals surface area contributed by atoms with Gasteiger partial charge in [0.25, 0.3) is 0 Å². The van der Waals surface area contributed by atoms with E-state index >= 15 is 0 Å². The Balaban J connectivity index is 2.75. The Morgan fingerprint density at radius 3 is 2.80 bits per heavy atom. The molecule has 15 heavy (non-hydrogen) atoms. The van der Waals surface area contributed by atoms with Gasteiger partial charge in [-0.15, -0.1) is 0 Å². The zero-order valence-electron chi connectivity index (χ0n) is 9.29. The summed E-state index contributed by atoms with van der Waals surface area (Å²) in [6.45, 7) is 6.28. The van der Waals surface area contributed by atoms with E-state index in [4.69, 9.17) is 0 Å². The van der Waals surface area contributed by atoms with Crippen molar-refractivity contribution in [3.8, 4) is 0 Å². The highest BCUT2D eigenvalue weighted by Gasteiger charge is 2.11. The van der Waals surface area contributed by atoms with Crippen LogP contribution in [0.5, 0.6) is 0 Å². The fraction of sp³-hybridized carbons (Fsp3) is 0.417. The van der Waals surface area contributed by atoms with Crippen molar-refractivity contribution < 1.29 is 4.39 Å². The van der Waals surface area contributed by atoms with E-state index in [2.05, 4.69) is 36.5 Å². The first-order chi connectivity index (χ1) is 7.13. The molecule has 3 heteroatoms. The second kappa shape index (κ2) is 3.65. The predicted molar refractivity (Wildman–Crippen MR) is 59.5 cm³/mol. The summed E-state index contributed by atoms with van der Waals surface area (Å²) in [5.41, 5.74) is 2.04. The van der Waals surface area contributed by atoms with Gasteiger partial charge in [0.15, 0.2) is 0 Å². The van der Waals surface area contributed by atoms with E-state index in [0.29, 0.717) is 6.04 Å². The molecule has 0 amide bonds. The van der Waals surface area contributed by atoms with E-state index < -0.39 is 0 Å². The van der Waals surface area contributed by atoms with Crippen molar-refractivity contribution in [2.45, 2.75) is 33.2 Å². The number of halogens is 1. The lowest BCUT2D eigenvalue weighted by Crippen LogP contribution is -1.99. The van der Waals surface area contributed by atoms with Crippen LogP contribution in [0.15, 0.2) is 18.5 Å². The highest BCUT2D eigenvalue weighted by molar-refractivity contribution is 5.80. The maximum Gasteiger partial charge on any atom is 0.142 e. The first kappa shape index (κ1) is 10.1. The van der Waals surface area contributed by atoms with Gasteiger partial charge < -0.3 is 4.57 Å². The van der Waals surface area contributed by atoms with E-state index in [1.807, 2.05) is 0 Å². The van der Waals surface area contributed by atoms with Crippen molar-refractivity contribution in [3.05, 3.63) is 29.8 Å². The highest BCUT2D eigenvalue weighted by atomic mass is 19.1. The molecule has 0 atom stereocenters. The molecule has 0 fully saturated rings. The Labute approximate surface area is 88.7 Å². The summed E-state index contributed by atoms with van der Waals surface area (Å²) < 4.78 is 15.2. The summed E-state index contributed by atoms with van der Waals surface area (Å²) in [5.74, 6) is -0.265. The molecule has 0 radical (unpaired) electrons. The largest absolute Gasteiger partial charge is 0.330 e. The standard InChI is InChI=1S/C12H15FN2/c1-4-9-7-15(8(2)3)12-11(9)5-10(13)6-14-12/h5-8H,4H2,1-3H3. The SMILES string of the molecule is CCc1cn(C(C)C)c2ncc(F)cc12.